The molecule has 0 aliphatic rings. The summed E-state index contributed by atoms with van der Waals surface area (Å²) in [4.78, 5) is 14.0. The lowest BCUT2D eigenvalue weighted by Gasteiger charge is -2.20. The Morgan fingerprint density at radius 2 is 1.63 bits per heavy atom. The van der Waals surface area contributed by atoms with Gasteiger partial charge in [-0.05, 0) is 39.0 Å². The summed E-state index contributed by atoms with van der Waals surface area (Å²) >= 11 is 3.43. The molecular formula is C15H30BrNO2. The molecule has 0 aromatic carbocycles. The second kappa shape index (κ2) is 14.3. The van der Waals surface area contributed by atoms with E-state index in [4.69, 9.17) is 5.11 Å². The lowest BCUT2D eigenvalue weighted by molar-refractivity contribution is -0.131. The molecule has 4 heteroatoms. The molecule has 0 unspecified atom stereocenters. The minimum atomic E-state index is 0.258. The molecule has 0 spiro atoms. The van der Waals surface area contributed by atoms with E-state index in [1.54, 1.807) is 0 Å². The number of aliphatic hydroxyl groups excluding tert-OH is 1. The van der Waals surface area contributed by atoms with Crippen LogP contribution < -0.4 is 0 Å². The quantitative estimate of drug-likeness (QED) is 0.411. The van der Waals surface area contributed by atoms with E-state index in [0.717, 1.165) is 44.1 Å². The summed E-state index contributed by atoms with van der Waals surface area (Å²) in [6.45, 7) is 3.95. The van der Waals surface area contributed by atoms with Crippen LogP contribution in [0.1, 0.15) is 64.7 Å². The van der Waals surface area contributed by atoms with Crippen molar-refractivity contribution in [1.82, 2.24) is 4.90 Å². The first-order chi connectivity index (χ1) is 9.26. The van der Waals surface area contributed by atoms with E-state index in [1.807, 2.05) is 11.8 Å². The number of carbonyl (C=O) groups is 1. The predicted molar refractivity (Wildman–Crippen MR) is 84.7 cm³/mol. The topological polar surface area (TPSA) is 40.5 Å². The fourth-order valence-corrected chi connectivity index (χ4v) is 2.51. The number of unbranched alkanes of at least 4 members (excludes halogenated alkanes) is 6. The molecule has 0 atom stereocenters. The van der Waals surface area contributed by atoms with Crippen molar-refractivity contribution in [2.45, 2.75) is 64.7 Å². The number of hydrogen-bond donors (Lipinski definition) is 1. The zero-order valence-corrected chi connectivity index (χ0v) is 14.0. The van der Waals surface area contributed by atoms with E-state index in [2.05, 4.69) is 15.9 Å². The number of carbonyl (C=O) groups excluding carboxylic acids is 1. The van der Waals surface area contributed by atoms with Crippen molar-refractivity contribution in [3.8, 4) is 0 Å². The molecule has 1 N–H and O–H groups in total. The summed E-state index contributed by atoms with van der Waals surface area (Å²) in [5, 5.41) is 9.81. The normalized spacial score (nSPS) is 10.7. The molecule has 0 aromatic heterocycles. The van der Waals surface area contributed by atoms with E-state index in [9.17, 15) is 4.79 Å². The van der Waals surface area contributed by atoms with Crippen molar-refractivity contribution >= 4 is 21.8 Å². The van der Waals surface area contributed by atoms with Crippen LogP contribution in [0, 0.1) is 0 Å². The van der Waals surface area contributed by atoms with Gasteiger partial charge >= 0.3 is 0 Å². The lowest BCUT2D eigenvalue weighted by atomic mass is 10.1. The van der Waals surface area contributed by atoms with E-state index >= 15 is 0 Å². The van der Waals surface area contributed by atoms with E-state index < -0.39 is 0 Å². The summed E-state index contributed by atoms with van der Waals surface area (Å²) in [6.07, 6.45) is 9.48. The Hall–Kier alpha value is -0.0900. The highest BCUT2D eigenvalue weighted by molar-refractivity contribution is 9.09. The molecule has 114 valence electrons. The maximum absolute atomic E-state index is 12.0. The van der Waals surface area contributed by atoms with E-state index in [1.165, 1.54) is 25.7 Å². The summed E-state index contributed by atoms with van der Waals surface area (Å²) in [7, 11) is 0. The SMILES string of the molecule is CCN(CCCCCO)C(=O)CCCCCCCBr. The van der Waals surface area contributed by atoms with Crippen LogP contribution in [0.4, 0.5) is 0 Å². The molecule has 0 aliphatic heterocycles. The highest BCUT2D eigenvalue weighted by Crippen LogP contribution is 2.09. The third-order valence-electron chi connectivity index (χ3n) is 3.34. The molecule has 0 saturated heterocycles. The predicted octanol–water partition coefficient (Wildman–Crippen LogP) is 3.73. The second-order valence-electron chi connectivity index (χ2n) is 4.96. The largest absolute Gasteiger partial charge is 0.396 e. The molecule has 1 amide bonds. The van der Waals surface area contributed by atoms with Crippen molar-refractivity contribution in [2.24, 2.45) is 0 Å². The highest BCUT2D eigenvalue weighted by atomic mass is 79.9. The Bertz CT molecular complexity index is 212. The number of rotatable bonds is 13. The van der Waals surface area contributed by atoms with Crippen molar-refractivity contribution in [3.05, 3.63) is 0 Å². The van der Waals surface area contributed by atoms with Crippen molar-refractivity contribution in [3.63, 3.8) is 0 Å². The van der Waals surface area contributed by atoms with Gasteiger partial charge in [0, 0.05) is 31.4 Å². The van der Waals surface area contributed by atoms with Gasteiger partial charge in [0.05, 0.1) is 0 Å². The molecule has 0 radical (unpaired) electrons. The van der Waals surface area contributed by atoms with Gasteiger partial charge in [0.15, 0.2) is 0 Å². The number of hydrogen-bond acceptors (Lipinski definition) is 2. The Morgan fingerprint density at radius 1 is 1.00 bits per heavy atom. The zero-order valence-electron chi connectivity index (χ0n) is 12.4. The average molecular weight is 336 g/mol. The van der Waals surface area contributed by atoms with Crippen LogP contribution >= 0.6 is 15.9 Å². The molecule has 0 fully saturated rings. The molecule has 3 nitrogen and oxygen atoms in total. The summed E-state index contributed by atoms with van der Waals surface area (Å²) < 4.78 is 0. The number of halogens is 1. The van der Waals surface area contributed by atoms with Crippen LogP contribution in [-0.2, 0) is 4.79 Å². The van der Waals surface area contributed by atoms with Gasteiger partial charge in [-0.25, -0.2) is 0 Å². The molecule has 0 aliphatic carbocycles. The van der Waals surface area contributed by atoms with E-state index in [-0.39, 0.29) is 6.61 Å². The molecule has 0 heterocycles. The van der Waals surface area contributed by atoms with Gasteiger partial charge in [0.1, 0.15) is 0 Å². The van der Waals surface area contributed by atoms with Crippen molar-refractivity contribution in [1.29, 1.82) is 0 Å². The molecule has 0 saturated carbocycles. The zero-order chi connectivity index (χ0) is 14.3. The smallest absolute Gasteiger partial charge is 0.222 e. The Kier molecular flexibility index (Phi) is 14.3. The Labute approximate surface area is 126 Å². The maximum atomic E-state index is 12.0. The third-order valence-corrected chi connectivity index (χ3v) is 3.91. The van der Waals surface area contributed by atoms with Crippen LogP contribution in [-0.4, -0.2) is 40.9 Å². The van der Waals surface area contributed by atoms with Crippen LogP contribution in [0.3, 0.4) is 0 Å². The van der Waals surface area contributed by atoms with Gasteiger partial charge in [-0.2, -0.15) is 0 Å². The first-order valence-corrected chi connectivity index (χ1v) is 8.83. The number of amides is 1. The molecule has 0 bridgehead atoms. The van der Waals surface area contributed by atoms with Gasteiger partial charge in [0.25, 0.3) is 0 Å². The van der Waals surface area contributed by atoms with Crippen LogP contribution in [0.15, 0.2) is 0 Å². The number of nitrogens with zero attached hydrogens (tertiary/aromatic N) is 1. The van der Waals surface area contributed by atoms with Crippen molar-refractivity contribution in [2.75, 3.05) is 25.0 Å². The summed E-state index contributed by atoms with van der Waals surface area (Å²) in [5.74, 6) is 0.298. The summed E-state index contributed by atoms with van der Waals surface area (Å²) in [6, 6.07) is 0. The molecular weight excluding hydrogens is 306 g/mol. The number of alkyl halides is 1. The van der Waals surface area contributed by atoms with Crippen molar-refractivity contribution < 1.29 is 9.90 Å². The van der Waals surface area contributed by atoms with Gasteiger partial charge in [0.2, 0.25) is 5.91 Å². The van der Waals surface area contributed by atoms with Gasteiger partial charge in [-0.1, -0.05) is 35.2 Å². The Morgan fingerprint density at radius 3 is 2.26 bits per heavy atom. The van der Waals surface area contributed by atoms with Gasteiger partial charge in [-0.15, -0.1) is 0 Å². The maximum Gasteiger partial charge on any atom is 0.222 e. The van der Waals surface area contributed by atoms with Crippen LogP contribution in [0.25, 0.3) is 0 Å². The molecule has 0 rings (SSSR count). The van der Waals surface area contributed by atoms with Gasteiger partial charge < -0.3 is 10.0 Å². The van der Waals surface area contributed by atoms with E-state index in [0.29, 0.717) is 12.3 Å². The van der Waals surface area contributed by atoms with Crippen LogP contribution in [0.5, 0.6) is 0 Å². The first-order valence-electron chi connectivity index (χ1n) is 7.70. The highest BCUT2D eigenvalue weighted by Gasteiger charge is 2.10. The monoisotopic (exact) mass is 335 g/mol. The lowest BCUT2D eigenvalue weighted by Crippen LogP contribution is -2.31. The molecule has 19 heavy (non-hydrogen) atoms. The average Bonchev–Trinajstić information content (AvgIpc) is 2.42. The second-order valence-corrected chi connectivity index (χ2v) is 5.76. The third kappa shape index (κ3) is 11.4. The minimum absolute atomic E-state index is 0.258. The standard InChI is InChI=1S/C15H30BrNO2/c1-2-17(13-9-6-10-14-18)15(19)11-7-4-3-5-8-12-16/h18H,2-14H2,1H3. The molecule has 0 aromatic rings. The fraction of sp³-hybridized carbons (Fsp3) is 0.933. The first kappa shape index (κ1) is 18.9. The number of aliphatic hydroxyl groups is 1. The minimum Gasteiger partial charge on any atom is -0.396 e. The fourth-order valence-electron chi connectivity index (χ4n) is 2.11. The van der Waals surface area contributed by atoms with Crippen LogP contribution in [0.2, 0.25) is 0 Å². The Balaban J connectivity index is 3.58. The van der Waals surface area contributed by atoms with Gasteiger partial charge in [-0.3, -0.25) is 4.79 Å². The summed E-state index contributed by atoms with van der Waals surface area (Å²) in [5.41, 5.74) is 0.